The number of benzene rings is 1. The van der Waals surface area contributed by atoms with Gasteiger partial charge in [0, 0.05) is 11.6 Å². The number of carbonyl (C=O) groups excluding carboxylic acids is 1. The molecule has 0 aliphatic heterocycles. The molecule has 0 aliphatic carbocycles. The standard InChI is InChI=1S/C8H3Cl2F3O4S/c9-5-2-7(6(10)1-4(5)3-14)17-18(15,16)8(11,12)13/h1-3H. The van der Waals surface area contributed by atoms with Gasteiger partial charge in [-0.3, -0.25) is 4.79 Å². The van der Waals surface area contributed by atoms with E-state index in [1.165, 1.54) is 0 Å². The van der Waals surface area contributed by atoms with Gasteiger partial charge in [0.2, 0.25) is 0 Å². The molecule has 10 heteroatoms. The number of aldehydes is 1. The molecule has 18 heavy (non-hydrogen) atoms. The van der Waals surface area contributed by atoms with Gasteiger partial charge in [-0.2, -0.15) is 21.6 Å². The first-order valence-electron chi connectivity index (χ1n) is 4.03. The van der Waals surface area contributed by atoms with Crippen LogP contribution in [0.2, 0.25) is 10.0 Å². The van der Waals surface area contributed by atoms with Gasteiger partial charge >= 0.3 is 15.6 Å². The SMILES string of the molecule is O=Cc1cc(Cl)c(OS(=O)(=O)C(F)(F)F)cc1Cl. The lowest BCUT2D eigenvalue weighted by atomic mass is 10.2. The fourth-order valence-corrected chi connectivity index (χ4v) is 1.79. The molecule has 0 N–H and O–H groups in total. The van der Waals surface area contributed by atoms with Crippen LogP contribution in [0.3, 0.4) is 0 Å². The minimum absolute atomic E-state index is 0.113. The van der Waals surface area contributed by atoms with Crippen molar-refractivity contribution in [2.75, 3.05) is 0 Å². The molecule has 0 amide bonds. The quantitative estimate of drug-likeness (QED) is 0.487. The molecule has 0 aliphatic rings. The van der Waals surface area contributed by atoms with Gasteiger partial charge in [0.15, 0.2) is 12.0 Å². The van der Waals surface area contributed by atoms with Crippen molar-refractivity contribution in [1.29, 1.82) is 0 Å². The summed E-state index contributed by atoms with van der Waals surface area (Å²) < 4.78 is 61.4. The molecule has 0 saturated heterocycles. The zero-order valence-electron chi connectivity index (χ0n) is 8.16. The summed E-state index contributed by atoms with van der Waals surface area (Å²) in [6.07, 6.45) is 0.302. The van der Waals surface area contributed by atoms with Crippen LogP contribution in [0.5, 0.6) is 5.75 Å². The fraction of sp³-hybridized carbons (Fsp3) is 0.125. The highest BCUT2D eigenvalue weighted by atomic mass is 35.5. The number of carbonyl (C=O) groups is 1. The minimum Gasteiger partial charge on any atom is -0.374 e. The van der Waals surface area contributed by atoms with Crippen LogP contribution < -0.4 is 4.18 Å². The molecule has 4 nitrogen and oxygen atoms in total. The molecule has 1 rings (SSSR count). The zero-order chi connectivity index (χ0) is 14.1. The van der Waals surface area contributed by atoms with E-state index >= 15 is 0 Å². The Hall–Kier alpha value is -0.990. The van der Waals surface area contributed by atoms with Crippen molar-refractivity contribution in [1.82, 2.24) is 0 Å². The maximum absolute atomic E-state index is 12.1. The fourth-order valence-electron chi connectivity index (χ4n) is 0.864. The number of hydrogen-bond acceptors (Lipinski definition) is 4. The predicted octanol–water partition coefficient (Wildman–Crippen LogP) is 3.03. The molecule has 0 spiro atoms. The zero-order valence-corrected chi connectivity index (χ0v) is 10.5. The van der Waals surface area contributed by atoms with E-state index in [0.717, 1.165) is 6.07 Å². The lowest BCUT2D eigenvalue weighted by molar-refractivity contribution is -0.0500. The highest BCUT2D eigenvalue weighted by molar-refractivity contribution is 7.88. The summed E-state index contributed by atoms with van der Waals surface area (Å²) in [5.74, 6) is -0.815. The van der Waals surface area contributed by atoms with Crippen LogP contribution in [-0.4, -0.2) is 20.2 Å². The van der Waals surface area contributed by atoms with Crippen molar-refractivity contribution in [3.63, 3.8) is 0 Å². The van der Waals surface area contributed by atoms with E-state index in [9.17, 15) is 26.4 Å². The van der Waals surface area contributed by atoms with Gasteiger partial charge in [0.25, 0.3) is 0 Å². The van der Waals surface area contributed by atoms with Crippen LogP contribution in [0, 0.1) is 0 Å². The molecule has 0 bridgehead atoms. The Labute approximate surface area is 109 Å². The van der Waals surface area contributed by atoms with Gasteiger partial charge in [0.1, 0.15) is 0 Å². The van der Waals surface area contributed by atoms with Crippen molar-refractivity contribution < 1.29 is 30.6 Å². The van der Waals surface area contributed by atoms with Crippen LogP contribution in [0.25, 0.3) is 0 Å². The van der Waals surface area contributed by atoms with E-state index < -0.39 is 26.4 Å². The molecule has 100 valence electrons. The molecule has 1 aromatic carbocycles. The second-order valence-electron chi connectivity index (χ2n) is 2.91. The summed E-state index contributed by atoms with van der Waals surface area (Å²) in [6, 6.07) is 1.59. The van der Waals surface area contributed by atoms with E-state index in [1.54, 1.807) is 0 Å². The molecule has 0 heterocycles. The lowest BCUT2D eigenvalue weighted by Crippen LogP contribution is -2.28. The van der Waals surface area contributed by atoms with E-state index in [1.807, 2.05) is 0 Å². The minimum atomic E-state index is -5.84. The van der Waals surface area contributed by atoms with E-state index in [-0.39, 0.29) is 10.6 Å². The molecule has 1 aromatic rings. The molecule has 0 unspecified atom stereocenters. The number of alkyl halides is 3. The van der Waals surface area contributed by atoms with Crippen LogP contribution in [-0.2, 0) is 10.1 Å². The maximum atomic E-state index is 12.1. The summed E-state index contributed by atoms with van der Waals surface area (Å²) in [7, 11) is -5.84. The van der Waals surface area contributed by atoms with Gasteiger partial charge < -0.3 is 4.18 Å². The highest BCUT2D eigenvalue weighted by Gasteiger charge is 2.48. The Morgan fingerprint density at radius 1 is 1.17 bits per heavy atom. The third-order valence-corrected chi connectivity index (χ3v) is 3.25. The highest BCUT2D eigenvalue weighted by Crippen LogP contribution is 2.34. The van der Waals surface area contributed by atoms with E-state index in [2.05, 4.69) is 4.18 Å². The third kappa shape index (κ3) is 3.06. The Bertz CT molecular complexity index is 583. The first-order chi connectivity index (χ1) is 8.08. The van der Waals surface area contributed by atoms with Crippen LogP contribution >= 0.6 is 23.2 Å². The summed E-state index contributed by atoms with van der Waals surface area (Å²) >= 11 is 11.0. The average Bonchev–Trinajstić information content (AvgIpc) is 2.21. The van der Waals surface area contributed by atoms with E-state index in [0.29, 0.717) is 12.4 Å². The average molecular weight is 323 g/mol. The van der Waals surface area contributed by atoms with Crippen LogP contribution in [0.15, 0.2) is 12.1 Å². The van der Waals surface area contributed by atoms with Gasteiger partial charge in [-0.25, -0.2) is 0 Å². The largest absolute Gasteiger partial charge is 0.534 e. The van der Waals surface area contributed by atoms with Crippen molar-refractivity contribution >= 4 is 39.6 Å². The first-order valence-corrected chi connectivity index (χ1v) is 6.20. The molecule has 0 radical (unpaired) electrons. The van der Waals surface area contributed by atoms with Crippen molar-refractivity contribution in [3.05, 3.63) is 27.7 Å². The van der Waals surface area contributed by atoms with Crippen molar-refractivity contribution in [2.24, 2.45) is 0 Å². The Morgan fingerprint density at radius 3 is 2.17 bits per heavy atom. The molecular formula is C8H3Cl2F3O4S. The molecule has 0 fully saturated rings. The Balaban J connectivity index is 3.22. The van der Waals surface area contributed by atoms with Gasteiger partial charge in [-0.05, 0) is 6.07 Å². The second-order valence-corrected chi connectivity index (χ2v) is 5.26. The number of hydrogen-bond donors (Lipinski definition) is 0. The summed E-state index contributed by atoms with van der Waals surface area (Å²) in [5, 5.41) is -0.781. The molecule has 0 atom stereocenters. The summed E-state index contributed by atoms with van der Waals surface area (Å²) in [6.45, 7) is 0. The first kappa shape index (κ1) is 15.1. The monoisotopic (exact) mass is 322 g/mol. The number of halogens is 5. The topological polar surface area (TPSA) is 60.4 Å². The van der Waals surface area contributed by atoms with Gasteiger partial charge in [0.05, 0.1) is 10.0 Å². The smallest absolute Gasteiger partial charge is 0.374 e. The van der Waals surface area contributed by atoms with Gasteiger partial charge in [-0.1, -0.05) is 23.2 Å². The second kappa shape index (κ2) is 4.94. The van der Waals surface area contributed by atoms with Gasteiger partial charge in [-0.15, -0.1) is 0 Å². The van der Waals surface area contributed by atoms with Crippen molar-refractivity contribution in [2.45, 2.75) is 5.51 Å². The number of rotatable bonds is 3. The molecular weight excluding hydrogens is 320 g/mol. The Kier molecular flexibility index (Phi) is 4.14. The Morgan fingerprint density at radius 2 is 1.72 bits per heavy atom. The van der Waals surface area contributed by atoms with Crippen molar-refractivity contribution in [3.8, 4) is 5.75 Å². The van der Waals surface area contributed by atoms with E-state index in [4.69, 9.17) is 23.2 Å². The molecule has 0 saturated carbocycles. The molecule has 0 aromatic heterocycles. The normalized spacial score (nSPS) is 12.3. The maximum Gasteiger partial charge on any atom is 0.534 e. The van der Waals surface area contributed by atoms with Crippen LogP contribution in [0.1, 0.15) is 10.4 Å². The van der Waals surface area contributed by atoms with Crippen LogP contribution in [0.4, 0.5) is 13.2 Å². The summed E-state index contributed by atoms with van der Waals surface area (Å²) in [5.41, 5.74) is -5.70. The summed E-state index contributed by atoms with van der Waals surface area (Å²) in [4.78, 5) is 10.5. The third-order valence-electron chi connectivity index (χ3n) is 1.66. The lowest BCUT2D eigenvalue weighted by Gasteiger charge is -2.11. The predicted molar refractivity (Wildman–Crippen MR) is 57.5 cm³/mol.